The third kappa shape index (κ3) is 5.62. The smallest absolute Gasteiger partial charge is 0.255 e. The Balaban J connectivity index is 1.84. The number of primary amides is 1. The van der Waals surface area contributed by atoms with E-state index in [-0.39, 0.29) is 12.5 Å². The maximum Gasteiger partial charge on any atom is 0.255 e. The first-order valence-electron chi connectivity index (χ1n) is 7.54. The van der Waals surface area contributed by atoms with Gasteiger partial charge in [-0.25, -0.2) is 0 Å². The molecule has 2 rings (SSSR count). The number of hydrogen-bond donors (Lipinski definition) is 2. The Bertz CT molecular complexity index is 702. The van der Waals surface area contributed by atoms with Crippen LogP contribution in [0.5, 0.6) is 5.75 Å². The third-order valence-corrected chi connectivity index (χ3v) is 4.19. The van der Waals surface area contributed by atoms with Gasteiger partial charge in [-0.3, -0.25) is 9.59 Å². The van der Waals surface area contributed by atoms with E-state index in [1.165, 1.54) is 10.5 Å². The Morgan fingerprint density at radius 1 is 1.12 bits per heavy atom. The number of para-hydroxylation sites is 1. The standard InChI is InChI=1S/C18H20N2O3S/c1-13-6-8-14(9-7-13)24-11-10-20-18(22)15-4-2-3-5-16(15)23-12-17(19)21/h2-9H,10-12H2,1H3,(H2,19,21)(H,20,22). The summed E-state index contributed by atoms with van der Waals surface area (Å²) in [7, 11) is 0. The lowest BCUT2D eigenvalue weighted by Gasteiger charge is -2.10. The fourth-order valence-electron chi connectivity index (χ4n) is 1.99. The number of carbonyl (C=O) groups is 2. The van der Waals surface area contributed by atoms with Crippen molar-refractivity contribution in [1.82, 2.24) is 5.32 Å². The Morgan fingerprint density at radius 3 is 2.54 bits per heavy atom. The molecule has 0 fully saturated rings. The van der Waals surface area contributed by atoms with Gasteiger partial charge in [0.1, 0.15) is 5.75 Å². The number of carbonyl (C=O) groups excluding carboxylic acids is 2. The molecule has 0 spiro atoms. The van der Waals surface area contributed by atoms with Crippen LogP contribution in [0.25, 0.3) is 0 Å². The lowest BCUT2D eigenvalue weighted by Crippen LogP contribution is -2.27. The summed E-state index contributed by atoms with van der Waals surface area (Å²) in [6, 6.07) is 15.0. The molecule has 0 saturated heterocycles. The topological polar surface area (TPSA) is 81.4 Å². The van der Waals surface area contributed by atoms with E-state index in [2.05, 4.69) is 29.6 Å². The van der Waals surface area contributed by atoms with Crippen molar-refractivity contribution in [2.75, 3.05) is 18.9 Å². The number of benzene rings is 2. The maximum absolute atomic E-state index is 12.2. The van der Waals surface area contributed by atoms with Crippen LogP contribution in [0.2, 0.25) is 0 Å². The van der Waals surface area contributed by atoms with Gasteiger partial charge >= 0.3 is 0 Å². The molecular formula is C18H20N2O3S. The Morgan fingerprint density at radius 2 is 1.83 bits per heavy atom. The highest BCUT2D eigenvalue weighted by Crippen LogP contribution is 2.19. The lowest BCUT2D eigenvalue weighted by molar-refractivity contribution is -0.119. The Labute approximate surface area is 145 Å². The minimum atomic E-state index is -0.584. The van der Waals surface area contributed by atoms with E-state index in [9.17, 15) is 9.59 Å². The Hall–Kier alpha value is -2.47. The minimum absolute atomic E-state index is 0.237. The summed E-state index contributed by atoms with van der Waals surface area (Å²) in [4.78, 5) is 24.2. The van der Waals surface area contributed by atoms with Crippen LogP contribution >= 0.6 is 11.8 Å². The molecule has 0 bridgehead atoms. The summed E-state index contributed by atoms with van der Waals surface area (Å²) < 4.78 is 5.27. The van der Waals surface area contributed by atoms with Gasteiger partial charge in [0.15, 0.2) is 6.61 Å². The average Bonchev–Trinajstić information content (AvgIpc) is 2.58. The van der Waals surface area contributed by atoms with Crippen molar-refractivity contribution in [2.45, 2.75) is 11.8 Å². The second kappa shape index (κ2) is 8.98. The molecule has 3 N–H and O–H groups in total. The van der Waals surface area contributed by atoms with Crippen LogP contribution in [0, 0.1) is 6.92 Å². The van der Waals surface area contributed by atoms with Crippen molar-refractivity contribution in [3.63, 3.8) is 0 Å². The van der Waals surface area contributed by atoms with Gasteiger partial charge in [0, 0.05) is 17.2 Å². The number of rotatable bonds is 8. The van der Waals surface area contributed by atoms with Crippen LogP contribution in [-0.4, -0.2) is 30.7 Å². The maximum atomic E-state index is 12.2. The van der Waals surface area contributed by atoms with E-state index >= 15 is 0 Å². The van der Waals surface area contributed by atoms with Crippen LogP contribution in [0.1, 0.15) is 15.9 Å². The number of hydrogen-bond acceptors (Lipinski definition) is 4. The number of thioether (sulfide) groups is 1. The molecule has 2 aromatic carbocycles. The van der Waals surface area contributed by atoms with Gasteiger partial charge in [0.2, 0.25) is 0 Å². The highest BCUT2D eigenvalue weighted by atomic mass is 32.2. The normalized spacial score (nSPS) is 10.2. The fraction of sp³-hybridized carbons (Fsp3) is 0.222. The van der Waals surface area contributed by atoms with E-state index in [0.717, 1.165) is 5.75 Å². The lowest BCUT2D eigenvalue weighted by atomic mass is 10.2. The Kier molecular flexibility index (Phi) is 6.69. The molecule has 0 aliphatic rings. The second-order valence-electron chi connectivity index (χ2n) is 5.17. The highest BCUT2D eigenvalue weighted by Gasteiger charge is 2.12. The summed E-state index contributed by atoms with van der Waals surface area (Å²) in [6.07, 6.45) is 0. The van der Waals surface area contributed by atoms with E-state index in [0.29, 0.717) is 17.9 Å². The molecule has 2 amide bonds. The summed E-state index contributed by atoms with van der Waals surface area (Å²) >= 11 is 1.68. The molecule has 0 unspecified atom stereocenters. The number of amides is 2. The summed E-state index contributed by atoms with van der Waals surface area (Å²) in [6.45, 7) is 2.32. The van der Waals surface area contributed by atoms with Crippen molar-refractivity contribution in [3.8, 4) is 5.75 Å². The van der Waals surface area contributed by atoms with Gasteiger partial charge in [-0.15, -0.1) is 11.8 Å². The quantitative estimate of drug-likeness (QED) is 0.569. The third-order valence-electron chi connectivity index (χ3n) is 3.18. The molecule has 2 aromatic rings. The number of nitrogens with two attached hydrogens (primary N) is 1. The van der Waals surface area contributed by atoms with E-state index in [1.807, 2.05) is 6.92 Å². The van der Waals surface area contributed by atoms with Gasteiger partial charge in [0.25, 0.3) is 11.8 Å². The fourth-order valence-corrected chi connectivity index (χ4v) is 2.76. The van der Waals surface area contributed by atoms with Crippen LogP contribution in [0.3, 0.4) is 0 Å². The van der Waals surface area contributed by atoms with Crippen LogP contribution in [0.15, 0.2) is 53.4 Å². The van der Waals surface area contributed by atoms with Crippen molar-refractivity contribution < 1.29 is 14.3 Å². The van der Waals surface area contributed by atoms with Crippen LogP contribution in [0.4, 0.5) is 0 Å². The van der Waals surface area contributed by atoms with Gasteiger partial charge in [-0.05, 0) is 31.2 Å². The van der Waals surface area contributed by atoms with E-state index < -0.39 is 5.91 Å². The second-order valence-corrected chi connectivity index (χ2v) is 6.34. The molecule has 0 aliphatic heterocycles. The zero-order chi connectivity index (χ0) is 17.4. The molecule has 0 saturated carbocycles. The molecule has 0 heterocycles. The van der Waals surface area contributed by atoms with Gasteiger partial charge in [-0.1, -0.05) is 29.8 Å². The largest absolute Gasteiger partial charge is 0.483 e. The molecule has 0 radical (unpaired) electrons. The summed E-state index contributed by atoms with van der Waals surface area (Å²) in [5.41, 5.74) is 6.67. The number of aryl methyl sites for hydroxylation is 1. The van der Waals surface area contributed by atoms with Gasteiger partial charge in [-0.2, -0.15) is 0 Å². The monoisotopic (exact) mass is 344 g/mol. The van der Waals surface area contributed by atoms with Gasteiger partial charge < -0.3 is 15.8 Å². The van der Waals surface area contributed by atoms with Crippen molar-refractivity contribution in [1.29, 1.82) is 0 Å². The van der Waals surface area contributed by atoms with E-state index in [1.54, 1.807) is 36.0 Å². The highest BCUT2D eigenvalue weighted by molar-refractivity contribution is 7.99. The first kappa shape index (κ1) is 17.9. The molecule has 5 nitrogen and oxygen atoms in total. The first-order chi connectivity index (χ1) is 11.6. The SMILES string of the molecule is Cc1ccc(SCCNC(=O)c2ccccc2OCC(N)=O)cc1. The molecule has 0 atom stereocenters. The van der Waals surface area contributed by atoms with Crippen molar-refractivity contribution in [2.24, 2.45) is 5.73 Å². The predicted molar refractivity (Wildman–Crippen MR) is 95.4 cm³/mol. The summed E-state index contributed by atoms with van der Waals surface area (Å²) in [5.74, 6) is 0.290. The predicted octanol–water partition coefficient (Wildman–Crippen LogP) is 2.38. The number of ether oxygens (including phenoxy) is 1. The number of nitrogens with one attached hydrogen (secondary N) is 1. The average molecular weight is 344 g/mol. The molecule has 6 heteroatoms. The van der Waals surface area contributed by atoms with Crippen LogP contribution in [-0.2, 0) is 4.79 Å². The first-order valence-corrected chi connectivity index (χ1v) is 8.52. The zero-order valence-corrected chi connectivity index (χ0v) is 14.3. The van der Waals surface area contributed by atoms with Crippen molar-refractivity contribution >= 4 is 23.6 Å². The van der Waals surface area contributed by atoms with Crippen molar-refractivity contribution in [3.05, 3.63) is 59.7 Å². The molecule has 126 valence electrons. The molecular weight excluding hydrogens is 324 g/mol. The minimum Gasteiger partial charge on any atom is -0.483 e. The zero-order valence-electron chi connectivity index (χ0n) is 13.5. The van der Waals surface area contributed by atoms with E-state index in [4.69, 9.17) is 10.5 Å². The van der Waals surface area contributed by atoms with Gasteiger partial charge in [0.05, 0.1) is 5.56 Å². The molecule has 0 aliphatic carbocycles. The van der Waals surface area contributed by atoms with Crippen LogP contribution < -0.4 is 15.8 Å². The molecule has 0 aromatic heterocycles. The summed E-state index contributed by atoms with van der Waals surface area (Å²) in [5, 5.41) is 2.85. The molecule has 24 heavy (non-hydrogen) atoms.